The Kier molecular flexibility index (Phi) is 9.32. The van der Waals surface area contributed by atoms with Crippen molar-refractivity contribution >= 4 is 35.3 Å². The van der Waals surface area contributed by atoms with Crippen LogP contribution in [0.3, 0.4) is 0 Å². The molecule has 220 valence electrons. The number of nitrogens with zero attached hydrogens (tertiary/aromatic N) is 1. The van der Waals surface area contributed by atoms with Crippen LogP contribution in [0, 0.1) is 35.0 Å². The molecule has 1 aliphatic heterocycles. The highest BCUT2D eigenvalue weighted by molar-refractivity contribution is 6.37. The van der Waals surface area contributed by atoms with Crippen LogP contribution in [0.15, 0.2) is 0 Å². The Morgan fingerprint density at radius 3 is 2.23 bits per heavy atom. The SMILES string of the molecule is CC#CC(=O)CC[C@H](NC(=O)NC(C)(C)C)C(=O)N1CC2C([C@H]1C(=O)NC(CC1CCC1)C(=O)C(N)=O)C2(C)C. The van der Waals surface area contributed by atoms with Gasteiger partial charge in [-0.05, 0) is 69.6 Å². The number of ketones is 2. The molecule has 0 aromatic carbocycles. The average molecular weight is 558 g/mol. The number of nitrogens with two attached hydrogens (primary N) is 1. The van der Waals surface area contributed by atoms with Gasteiger partial charge in [0.05, 0.1) is 6.04 Å². The van der Waals surface area contributed by atoms with Gasteiger partial charge in [0.1, 0.15) is 12.1 Å². The number of likely N-dealkylation sites (tertiary alicyclic amines) is 1. The minimum Gasteiger partial charge on any atom is -0.363 e. The van der Waals surface area contributed by atoms with Crippen molar-refractivity contribution in [3.8, 4) is 11.8 Å². The highest BCUT2D eigenvalue weighted by Crippen LogP contribution is 2.65. The lowest BCUT2D eigenvalue weighted by atomic mass is 9.80. The van der Waals surface area contributed by atoms with E-state index in [2.05, 4.69) is 27.8 Å². The van der Waals surface area contributed by atoms with E-state index in [9.17, 15) is 28.8 Å². The second-order valence-corrected chi connectivity index (χ2v) is 12.9. The van der Waals surface area contributed by atoms with Crippen molar-refractivity contribution < 1.29 is 28.8 Å². The molecule has 3 fully saturated rings. The summed E-state index contributed by atoms with van der Waals surface area (Å²) in [4.78, 5) is 78.2. The number of rotatable bonds is 11. The largest absolute Gasteiger partial charge is 0.363 e. The first-order valence-electron chi connectivity index (χ1n) is 14.1. The number of hydrogen-bond donors (Lipinski definition) is 4. The van der Waals surface area contributed by atoms with E-state index in [1.54, 1.807) is 20.8 Å². The average Bonchev–Trinajstić information content (AvgIpc) is 3.14. The summed E-state index contributed by atoms with van der Waals surface area (Å²) in [6, 6.07) is -3.58. The topological polar surface area (TPSA) is 168 Å². The summed E-state index contributed by atoms with van der Waals surface area (Å²) < 4.78 is 0. The minimum atomic E-state index is -1.11. The number of carbonyl (C=O) groups excluding carboxylic acids is 6. The van der Waals surface area contributed by atoms with Gasteiger partial charge in [-0.2, -0.15) is 0 Å². The Hall–Kier alpha value is -3.42. The number of fused-ring (bicyclic) bond motifs is 1. The van der Waals surface area contributed by atoms with E-state index in [4.69, 9.17) is 5.73 Å². The third kappa shape index (κ3) is 7.20. The van der Waals surface area contributed by atoms with Crippen LogP contribution in [0.1, 0.15) is 80.1 Å². The van der Waals surface area contributed by atoms with Gasteiger partial charge in [-0.3, -0.25) is 24.0 Å². The number of primary amides is 1. The minimum absolute atomic E-state index is 0.0118. The summed E-state index contributed by atoms with van der Waals surface area (Å²) in [6.07, 6.45) is 3.14. The molecule has 40 heavy (non-hydrogen) atoms. The normalized spacial score (nSPS) is 24.2. The maximum absolute atomic E-state index is 13.9. The molecule has 0 aromatic heterocycles. The van der Waals surface area contributed by atoms with Gasteiger partial charge in [0.25, 0.3) is 5.91 Å². The third-order valence-electron chi connectivity index (χ3n) is 8.45. The summed E-state index contributed by atoms with van der Waals surface area (Å²) >= 11 is 0. The Balaban J connectivity index is 1.83. The molecule has 0 radical (unpaired) electrons. The second kappa shape index (κ2) is 12.0. The van der Waals surface area contributed by atoms with Gasteiger partial charge >= 0.3 is 6.03 Å². The molecule has 0 spiro atoms. The summed E-state index contributed by atoms with van der Waals surface area (Å²) in [5.41, 5.74) is 4.51. The van der Waals surface area contributed by atoms with E-state index in [0.29, 0.717) is 13.0 Å². The first-order chi connectivity index (χ1) is 18.6. The lowest BCUT2D eigenvalue weighted by Gasteiger charge is -2.35. The number of amides is 5. The highest BCUT2D eigenvalue weighted by Gasteiger charge is 2.69. The van der Waals surface area contributed by atoms with Crippen molar-refractivity contribution in [1.29, 1.82) is 0 Å². The van der Waals surface area contributed by atoms with Gasteiger partial charge in [-0.1, -0.05) is 39.0 Å². The molecule has 3 aliphatic rings. The van der Waals surface area contributed by atoms with Crippen molar-refractivity contribution in [2.24, 2.45) is 28.9 Å². The molecule has 0 aromatic rings. The van der Waals surface area contributed by atoms with Gasteiger partial charge in [0.2, 0.25) is 23.4 Å². The number of hydrogen-bond acceptors (Lipinski definition) is 6. The fourth-order valence-corrected chi connectivity index (χ4v) is 6.01. The van der Waals surface area contributed by atoms with Crippen LogP contribution in [0.5, 0.6) is 0 Å². The quantitative estimate of drug-likeness (QED) is 0.168. The van der Waals surface area contributed by atoms with Gasteiger partial charge in [0.15, 0.2) is 0 Å². The molecule has 3 unspecified atom stereocenters. The third-order valence-corrected chi connectivity index (χ3v) is 8.45. The second-order valence-electron chi connectivity index (χ2n) is 12.9. The van der Waals surface area contributed by atoms with Crippen LogP contribution < -0.4 is 21.7 Å². The molecule has 5 N–H and O–H groups in total. The van der Waals surface area contributed by atoms with E-state index in [1.165, 1.54) is 11.8 Å². The van der Waals surface area contributed by atoms with E-state index >= 15 is 0 Å². The molecule has 1 saturated heterocycles. The maximum Gasteiger partial charge on any atom is 0.315 e. The molecular weight excluding hydrogens is 514 g/mol. The first-order valence-corrected chi connectivity index (χ1v) is 14.1. The molecule has 2 saturated carbocycles. The fourth-order valence-electron chi connectivity index (χ4n) is 6.01. The van der Waals surface area contributed by atoms with Crippen molar-refractivity contribution in [1.82, 2.24) is 20.9 Å². The smallest absolute Gasteiger partial charge is 0.315 e. The van der Waals surface area contributed by atoms with Crippen LogP contribution in [-0.4, -0.2) is 70.4 Å². The van der Waals surface area contributed by atoms with Gasteiger partial charge in [0, 0.05) is 18.5 Å². The zero-order chi connectivity index (χ0) is 30.0. The zero-order valence-corrected chi connectivity index (χ0v) is 24.4. The maximum atomic E-state index is 13.9. The van der Waals surface area contributed by atoms with Gasteiger partial charge in [-0.15, -0.1) is 0 Å². The van der Waals surface area contributed by atoms with Crippen LogP contribution in [0.2, 0.25) is 0 Å². The summed E-state index contributed by atoms with van der Waals surface area (Å²) in [5.74, 6) is 1.79. The zero-order valence-electron chi connectivity index (χ0n) is 24.4. The molecule has 5 amide bonds. The van der Waals surface area contributed by atoms with Crippen molar-refractivity contribution in [3.05, 3.63) is 0 Å². The Labute approximate surface area is 236 Å². The fraction of sp³-hybridized carbons (Fsp3) is 0.724. The number of Topliss-reactive ketones (excluding diaryl/α,β-unsaturated/α-hetero) is 2. The van der Waals surface area contributed by atoms with Crippen molar-refractivity contribution in [2.45, 2.75) is 104 Å². The Morgan fingerprint density at radius 1 is 1.05 bits per heavy atom. The van der Waals surface area contributed by atoms with E-state index in [-0.39, 0.29) is 41.8 Å². The summed E-state index contributed by atoms with van der Waals surface area (Å²) in [5, 5.41) is 8.18. The molecule has 11 nitrogen and oxygen atoms in total. The van der Waals surface area contributed by atoms with E-state index < -0.39 is 53.2 Å². The molecule has 0 bridgehead atoms. The molecule has 2 aliphatic carbocycles. The monoisotopic (exact) mass is 557 g/mol. The van der Waals surface area contributed by atoms with E-state index in [1.807, 2.05) is 13.8 Å². The van der Waals surface area contributed by atoms with Gasteiger partial charge < -0.3 is 26.6 Å². The molecule has 3 rings (SSSR count). The highest BCUT2D eigenvalue weighted by atomic mass is 16.2. The molecule has 1 heterocycles. The van der Waals surface area contributed by atoms with Crippen LogP contribution in [0.4, 0.5) is 4.79 Å². The Morgan fingerprint density at radius 2 is 1.70 bits per heavy atom. The van der Waals surface area contributed by atoms with Crippen LogP contribution in [-0.2, 0) is 24.0 Å². The van der Waals surface area contributed by atoms with Gasteiger partial charge in [-0.25, -0.2) is 4.79 Å². The van der Waals surface area contributed by atoms with E-state index in [0.717, 1.165) is 19.3 Å². The number of urea groups is 1. The predicted octanol–water partition coefficient (Wildman–Crippen LogP) is 1.04. The predicted molar refractivity (Wildman–Crippen MR) is 147 cm³/mol. The summed E-state index contributed by atoms with van der Waals surface area (Å²) in [7, 11) is 0. The number of carbonyl (C=O) groups is 6. The van der Waals surface area contributed by atoms with Crippen LogP contribution >= 0.6 is 0 Å². The molecular formula is C29H43N5O6. The van der Waals surface area contributed by atoms with Crippen LogP contribution in [0.25, 0.3) is 0 Å². The number of piperidine rings is 1. The molecule has 5 atom stereocenters. The summed E-state index contributed by atoms with van der Waals surface area (Å²) in [6.45, 7) is 11.3. The Bertz CT molecular complexity index is 1130. The first kappa shape index (κ1) is 31.1. The lowest BCUT2D eigenvalue weighted by molar-refractivity contribution is -0.144. The van der Waals surface area contributed by atoms with Crippen molar-refractivity contribution in [3.63, 3.8) is 0 Å². The standard InChI is InChI=1S/C29H43N5O6/c1-7-9-17(35)12-13-19(32-27(40)33-28(2,3)4)26(39)34-15-18-21(29(18,5)6)22(34)25(38)31-20(23(36)24(30)37)14-16-10-8-11-16/h16,18-22H,8,10-15H2,1-6H3,(H2,30,37)(H,31,38)(H2,32,33,40)/t18?,19-,20?,21?,22-/m0/s1. The number of nitrogens with one attached hydrogen (secondary N) is 3. The molecule has 11 heteroatoms. The van der Waals surface area contributed by atoms with Crippen molar-refractivity contribution in [2.75, 3.05) is 6.54 Å². The lowest BCUT2D eigenvalue weighted by Crippen LogP contribution is -2.59.